The van der Waals surface area contributed by atoms with Gasteiger partial charge in [-0.1, -0.05) is 12.1 Å². The molecule has 9 nitrogen and oxygen atoms in total. The fourth-order valence-electron chi connectivity index (χ4n) is 3.35. The number of aryl methyl sites for hydroxylation is 1. The van der Waals surface area contributed by atoms with Gasteiger partial charge in [0.15, 0.2) is 11.8 Å². The van der Waals surface area contributed by atoms with E-state index in [-0.39, 0.29) is 30.0 Å². The number of guanidine groups is 1. The van der Waals surface area contributed by atoms with E-state index in [0.717, 1.165) is 56.2 Å². The first kappa shape index (κ1) is 24.4. The van der Waals surface area contributed by atoms with Gasteiger partial charge in [-0.2, -0.15) is 0 Å². The summed E-state index contributed by atoms with van der Waals surface area (Å²) in [5.74, 6) is 3.35. The van der Waals surface area contributed by atoms with Crippen molar-refractivity contribution < 1.29 is 9.47 Å². The first-order chi connectivity index (χ1) is 14.1. The minimum Gasteiger partial charge on any atom is -0.497 e. The number of aliphatic imine (C=N–C) groups is 1. The van der Waals surface area contributed by atoms with Gasteiger partial charge in [0.25, 0.3) is 0 Å². The van der Waals surface area contributed by atoms with Crippen LogP contribution < -0.4 is 15.4 Å². The van der Waals surface area contributed by atoms with Crippen LogP contribution in [0.1, 0.15) is 23.3 Å². The summed E-state index contributed by atoms with van der Waals surface area (Å²) >= 11 is 0. The number of hydrogen-bond donors (Lipinski definition) is 2. The molecule has 1 unspecified atom stereocenters. The zero-order valence-electron chi connectivity index (χ0n) is 18.1. The van der Waals surface area contributed by atoms with Crippen molar-refractivity contribution in [2.24, 2.45) is 12.0 Å². The molecule has 3 rings (SSSR count). The van der Waals surface area contributed by atoms with Gasteiger partial charge < -0.3 is 24.7 Å². The molecule has 166 valence electrons. The first-order valence-electron chi connectivity index (χ1n) is 9.87. The summed E-state index contributed by atoms with van der Waals surface area (Å²) in [5.41, 5.74) is 1.24. The Morgan fingerprint density at radius 3 is 2.47 bits per heavy atom. The van der Waals surface area contributed by atoms with Crippen LogP contribution in [-0.4, -0.2) is 72.6 Å². The molecule has 2 aromatic rings. The fraction of sp³-hybridized carbons (Fsp3) is 0.550. The minimum atomic E-state index is 0. The predicted molar refractivity (Wildman–Crippen MR) is 127 cm³/mol. The monoisotopic (exact) mass is 529 g/mol. The highest BCUT2D eigenvalue weighted by atomic mass is 127. The van der Waals surface area contributed by atoms with E-state index in [4.69, 9.17) is 9.47 Å². The summed E-state index contributed by atoms with van der Waals surface area (Å²) in [6, 6.07) is 8.47. The maximum absolute atomic E-state index is 5.54. The minimum absolute atomic E-state index is 0. The van der Waals surface area contributed by atoms with E-state index < -0.39 is 0 Å². The molecule has 30 heavy (non-hydrogen) atoms. The van der Waals surface area contributed by atoms with Crippen molar-refractivity contribution in [2.75, 3.05) is 47.0 Å². The van der Waals surface area contributed by atoms with Crippen LogP contribution in [0.15, 0.2) is 29.3 Å². The Morgan fingerprint density at radius 1 is 1.20 bits per heavy atom. The molecular formula is C20H32IN7O2. The third kappa shape index (κ3) is 6.29. The van der Waals surface area contributed by atoms with E-state index in [1.54, 1.807) is 14.2 Å². The highest BCUT2D eigenvalue weighted by Gasteiger charge is 2.23. The summed E-state index contributed by atoms with van der Waals surface area (Å²) in [6.07, 6.45) is 0. The summed E-state index contributed by atoms with van der Waals surface area (Å²) in [6.45, 7) is 6.54. The zero-order valence-corrected chi connectivity index (χ0v) is 20.4. The number of rotatable bonds is 7. The van der Waals surface area contributed by atoms with Crippen LogP contribution in [0.5, 0.6) is 5.75 Å². The van der Waals surface area contributed by atoms with Gasteiger partial charge in [-0.15, -0.1) is 34.2 Å². The topological polar surface area (TPSA) is 88.8 Å². The number of morpholine rings is 1. The molecule has 0 bridgehead atoms. The number of hydrogen-bond acceptors (Lipinski definition) is 6. The molecular weight excluding hydrogens is 497 g/mol. The Balaban J connectivity index is 0.00000320. The summed E-state index contributed by atoms with van der Waals surface area (Å²) in [5, 5.41) is 15.1. The number of nitrogens with one attached hydrogen (secondary N) is 2. The second-order valence-corrected chi connectivity index (χ2v) is 6.97. The maximum atomic E-state index is 5.54. The van der Waals surface area contributed by atoms with Crippen molar-refractivity contribution in [1.29, 1.82) is 0 Å². The van der Waals surface area contributed by atoms with Crippen LogP contribution in [0, 0.1) is 6.92 Å². The van der Waals surface area contributed by atoms with E-state index in [0.29, 0.717) is 6.54 Å². The molecule has 1 aromatic heterocycles. The molecule has 0 saturated carbocycles. The number of halogens is 1. The highest BCUT2D eigenvalue weighted by molar-refractivity contribution is 14.0. The van der Waals surface area contributed by atoms with E-state index >= 15 is 0 Å². The van der Waals surface area contributed by atoms with E-state index in [1.807, 2.05) is 30.7 Å². The van der Waals surface area contributed by atoms with Crippen molar-refractivity contribution >= 4 is 29.9 Å². The molecule has 1 aromatic carbocycles. The average Bonchev–Trinajstić information content (AvgIpc) is 3.09. The van der Waals surface area contributed by atoms with Gasteiger partial charge in [-0.25, -0.2) is 0 Å². The third-order valence-electron chi connectivity index (χ3n) is 5.27. The molecule has 0 amide bonds. The van der Waals surface area contributed by atoms with Crippen molar-refractivity contribution in [3.05, 3.63) is 41.5 Å². The van der Waals surface area contributed by atoms with Crippen molar-refractivity contribution in [3.63, 3.8) is 0 Å². The number of ether oxygens (including phenoxy) is 2. The van der Waals surface area contributed by atoms with Crippen molar-refractivity contribution in [1.82, 2.24) is 30.3 Å². The molecule has 10 heteroatoms. The standard InChI is InChI=1S/C20H31N7O2.HI/c1-15-24-25-19(26(15)3)14-23-20(21-2)22-13-18(27-9-11-29-12-10-27)16-5-7-17(28-4)8-6-16;/h5-8,18H,9-14H2,1-4H3,(H2,21,22,23);1H. The second kappa shape index (κ2) is 12.1. The number of aromatic nitrogens is 3. The van der Waals surface area contributed by atoms with Crippen LogP contribution in [0.3, 0.4) is 0 Å². The molecule has 0 spiro atoms. The zero-order chi connectivity index (χ0) is 20.6. The highest BCUT2D eigenvalue weighted by Crippen LogP contribution is 2.23. The summed E-state index contributed by atoms with van der Waals surface area (Å²) < 4.78 is 12.8. The number of methoxy groups -OCH3 is 1. The Morgan fingerprint density at radius 2 is 1.90 bits per heavy atom. The van der Waals surface area contributed by atoms with Crippen LogP contribution in [0.4, 0.5) is 0 Å². The molecule has 0 radical (unpaired) electrons. The van der Waals surface area contributed by atoms with Gasteiger partial charge in [-0.3, -0.25) is 9.89 Å². The van der Waals surface area contributed by atoms with Crippen molar-refractivity contribution in [3.8, 4) is 5.75 Å². The van der Waals surface area contributed by atoms with Crippen LogP contribution in [0.25, 0.3) is 0 Å². The third-order valence-corrected chi connectivity index (χ3v) is 5.27. The van der Waals surface area contributed by atoms with E-state index in [2.05, 4.69) is 42.9 Å². The van der Waals surface area contributed by atoms with Gasteiger partial charge in [0.1, 0.15) is 11.6 Å². The van der Waals surface area contributed by atoms with Crippen LogP contribution >= 0.6 is 24.0 Å². The molecule has 1 saturated heterocycles. The molecule has 2 heterocycles. The number of benzene rings is 1. The van der Waals surface area contributed by atoms with E-state index in [9.17, 15) is 0 Å². The molecule has 2 N–H and O–H groups in total. The van der Waals surface area contributed by atoms with Gasteiger partial charge in [0, 0.05) is 33.7 Å². The molecule has 1 fully saturated rings. The van der Waals surface area contributed by atoms with E-state index in [1.165, 1.54) is 5.56 Å². The predicted octanol–water partition coefficient (Wildman–Crippen LogP) is 1.49. The van der Waals surface area contributed by atoms with Crippen LogP contribution in [0.2, 0.25) is 0 Å². The van der Waals surface area contributed by atoms with Crippen LogP contribution in [-0.2, 0) is 18.3 Å². The largest absolute Gasteiger partial charge is 0.497 e. The van der Waals surface area contributed by atoms with Crippen molar-refractivity contribution in [2.45, 2.75) is 19.5 Å². The fourth-order valence-corrected chi connectivity index (χ4v) is 3.35. The quantitative estimate of drug-likeness (QED) is 0.319. The normalized spacial score (nSPS) is 15.9. The molecule has 1 atom stereocenters. The number of nitrogens with zero attached hydrogens (tertiary/aromatic N) is 5. The lowest BCUT2D eigenvalue weighted by Gasteiger charge is -2.35. The maximum Gasteiger partial charge on any atom is 0.191 e. The van der Waals surface area contributed by atoms with Gasteiger partial charge in [-0.05, 0) is 24.6 Å². The summed E-state index contributed by atoms with van der Waals surface area (Å²) in [4.78, 5) is 6.79. The Labute approximate surface area is 195 Å². The lowest BCUT2D eigenvalue weighted by Crippen LogP contribution is -2.46. The molecule has 1 aliphatic rings. The Kier molecular flexibility index (Phi) is 9.79. The molecule has 0 aliphatic carbocycles. The Bertz CT molecular complexity index is 804. The first-order valence-corrected chi connectivity index (χ1v) is 9.87. The average molecular weight is 529 g/mol. The van der Waals surface area contributed by atoms with Gasteiger partial charge in [0.2, 0.25) is 0 Å². The summed E-state index contributed by atoms with van der Waals surface area (Å²) in [7, 11) is 5.42. The van der Waals surface area contributed by atoms with Gasteiger partial charge in [0.05, 0.1) is 32.9 Å². The lowest BCUT2D eigenvalue weighted by molar-refractivity contribution is 0.0170. The Hall–Kier alpha value is -1.92. The molecule has 1 aliphatic heterocycles. The SMILES string of the molecule is CN=C(NCc1nnc(C)n1C)NCC(c1ccc(OC)cc1)N1CCOCC1.I. The van der Waals surface area contributed by atoms with Gasteiger partial charge >= 0.3 is 0 Å². The lowest BCUT2D eigenvalue weighted by atomic mass is 10.0. The second-order valence-electron chi connectivity index (χ2n) is 6.97. The smallest absolute Gasteiger partial charge is 0.191 e.